The Hall–Kier alpha value is -2.64. The highest BCUT2D eigenvalue weighted by Gasteiger charge is 2.17. The van der Waals surface area contributed by atoms with Crippen LogP contribution in [0.25, 0.3) is 0 Å². The average molecular weight is 437 g/mol. The molecule has 0 radical (unpaired) electrons. The Bertz CT molecular complexity index is 1000. The Morgan fingerprint density at radius 3 is 2.55 bits per heavy atom. The number of carbonyl (C=O) groups is 1. The summed E-state index contributed by atoms with van der Waals surface area (Å²) in [6.45, 7) is 6.06. The number of thioether (sulfide) groups is 1. The Morgan fingerprint density at radius 1 is 1.03 bits per heavy atom. The molecule has 31 heavy (non-hydrogen) atoms. The van der Waals surface area contributed by atoms with Gasteiger partial charge in [0.15, 0.2) is 5.16 Å². The lowest BCUT2D eigenvalue weighted by atomic mass is 10.1. The van der Waals surface area contributed by atoms with Crippen LogP contribution in [0.2, 0.25) is 0 Å². The monoisotopic (exact) mass is 436 g/mol. The molecule has 3 aromatic rings. The van der Waals surface area contributed by atoms with Crippen LogP contribution in [0.4, 0.5) is 5.69 Å². The van der Waals surface area contributed by atoms with E-state index in [2.05, 4.69) is 50.9 Å². The minimum Gasteiger partial charge on any atom is -0.378 e. The molecule has 1 aliphatic rings. The Morgan fingerprint density at radius 2 is 1.77 bits per heavy atom. The molecule has 0 aliphatic carbocycles. The number of nitrogens with zero attached hydrogens (tertiary/aromatic N) is 4. The Balaban J connectivity index is 1.38. The molecule has 4 rings (SSSR count). The molecule has 7 heteroatoms. The summed E-state index contributed by atoms with van der Waals surface area (Å²) in [5.74, 6) is 1.52. The molecule has 0 saturated carbocycles. The number of morpholine rings is 1. The number of anilines is 1. The lowest BCUT2D eigenvalue weighted by molar-refractivity contribution is -0.116. The van der Waals surface area contributed by atoms with Gasteiger partial charge in [-0.1, -0.05) is 60.3 Å². The normalized spacial score (nSPS) is 14.0. The molecule has 1 fully saturated rings. The molecule has 1 saturated heterocycles. The van der Waals surface area contributed by atoms with Gasteiger partial charge in [-0.25, -0.2) is 0 Å². The number of ketones is 1. The van der Waals surface area contributed by atoms with Crippen LogP contribution in [-0.4, -0.2) is 52.6 Å². The summed E-state index contributed by atoms with van der Waals surface area (Å²) in [5.41, 5.74) is 3.43. The standard InChI is InChI=1S/C24H28N4O2S/c1-2-28-23(16-19-8-4-3-5-9-19)25-26-24(28)31-18-21(29)17-20-10-6-7-11-22(20)27-12-14-30-15-13-27/h3-11H,2,12-18H2,1H3. The molecule has 0 atom stereocenters. The van der Waals surface area contributed by atoms with Crippen molar-refractivity contribution in [1.29, 1.82) is 0 Å². The smallest absolute Gasteiger partial charge is 0.191 e. The van der Waals surface area contributed by atoms with Crippen LogP contribution >= 0.6 is 11.8 Å². The number of aromatic nitrogens is 3. The number of carbonyl (C=O) groups excluding carboxylic acids is 1. The predicted octanol–water partition coefficient (Wildman–Crippen LogP) is 3.63. The summed E-state index contributed by atoms with van der Waals surface area (Å²) in [6, 6.07) is 18.5. The largest absolute Gasteiger partial charge is 0.378 e. The van der Waals surface area contributed by atoms with E-state index in [1.165, 1.54) is 17.3 Å². The van der Waals surface area contributed by atoms with Crippen LogP contribution in [0, 0.1) is 0 Å². The first-order chi connectivity index (χ1) is 15.2. The third-order valence-corrected chi connectivity index (χ3v) is 6.43. The van der Waals surface area contributed by atoms with Crippen molar-refractivity contribution in [2.45, 2.75) is 31.5 Å². The zero-order valence-electron chi connectivity index (χ0n) is 17.9. The van der Waals surface area contributed by atoms with Crippen molar-refractivity contribution in [3.05, 3.63) is 71.5 Å². The van der Waals surface area contributed by atoms with Crippen molar-refractivity contribution >= 4 is 23.2 Å². The second kappa shape index (κ2) is 10.6. The van der Waals surface area contributed by atoms with Crippen LogP contribution in [0.3, 0.4) is 0 Å². The Labute approximate surface area is 187 Å². The van der Waals surface area contributed by atoms with E-state index in [1.54, 1.807) is 0 Å². The molecular formula is C24H28N4O2S. The molecule has 1 aliphatic heterocycles. The van der Waals surface area contributed by atoms with Gasteiger partial charge in [0.2, 0.25) is 0 Å². The molecule has 6 nitrogen and oxygen atoms in total. The van der Waals surface area contributed by atoms with Crippen LogP contribution in [0.15, 0.2) is 59.8 Å². The summed E-state index contributed by atoms with van der Waals surface area (Å²) in [7, 11) is 0. The van der Waals surface area contributed by atoms with Gasteiger partial charge >= 0.3 is 0 Å². The minimum atomic E-state index is 0.195. The van der Waals surface area contributed by atoms with Crippen molar-refractivity contribution in [3.8, 4) is 0 Å². The van der Waals surface area contributed by atoms with Crippen LogP contribution < -0.4 is 4.90 Å². The fourth-order valence-electron chi connectivity index (χ4n) is 3.83. The van der Waals surface area contributed by atoms with E-state index in [0.29, 0.717) is 12.2 Å². The van der Waals surface area contributed by atoms with E-state index >= 15 is 0 Å². The van der Waals surface area contributed by atoms with Gasteiger partial charge in [0, 0.05) is 38.2 Å². The van der Waals surface area contributed by atoms with Gasteiger partial charge in [-0.15, -0.1) is 10.2 Å². The van der Waals surface area contributed by atoms with E-state index in [-0.39, 0.29) is 5.78 Å². The zero-order valence-corrected chi connectivity index (χ0v) is 18.7. The molecule has 0 spiro atoms. The number of para-hydroxylation sites is 1. The van der Waals surface area contributed by atoms with Crippen LogP contribution in [0.5, 0.6) is 0 Å². The average Bonchev–Trinajstić information content (AvgIpc) is 3.20. The third-order valence-electron chi connectivity index (χ3n) is 5.41. The molecule has 0 unspecified atom stereocenters. The van der Waals surface area contributed by atoms with E-state index in [9.17, 15) is 4.79 Å². The van der Waals surface area contributed by atoms with Crippen molar-refractivity contribution in [3.63, 3.8) is 0 Å². The second-order valence-electron chi connectivity index (χ2n) is 7.54. The minimum absolute atomic E-state index is 0.195. The third kappa shape index (κ3) is 5.54. The first-order valence-electron chi connectivity index (χ1n) is 10.8. The summed E-state index contributed by atoms with van der Waals surface area (Å²) >= 11 is 1.48. The van der Waals surface area contributed by atoms with Crippen molar-refractivity contribution in [2.75, 3.05) is 37.0 Å². The summed E-state index contributed by atoms with van der Waals surface area (Å²) in [6.07, 6.45) is 1.17. The highest BCUT2D eigenvalue weighted by atomic mass is 32.2. The van der Waals surface area contributed by atoms with Gasteiger partial charge in [0.25, 0.3) is 0 Å². The van der Waals surface area contributed by atoms with E-state index in [4.69, 9.17) is 4.74 Å². The maximum atomic E-state index is 12.8. The molecule has 0 amide bonds. The quantitative estimate of drug-likeness (QED) is 0.478. The van der Waals surface area contributed by atoms with Gasteiger partial charge < -0.3 is 14.2 Å². The maximum Gasteiger partial charge on any atom is 0.191 e. The lowest BCUT2D eigenvalue weighted by Gasteiger charge is -2.30. The Kier molecular flexibility index (Phi) is 7.38. The number of hydrogen-bond donors (Lipinski definition) is 0. The lowest BCUT2D eigenvalue weighted by Crippen LogP contribution is -2.36. The first kappa shape index (κ1) is 21.6. The molecule has 0 N–H and O–H groups in total. The summed E-state index contributed by atoms with van der Waals surface area (Å²) in [5, 5.41) is 9.55. The number of Topliss-reactive ketones (excluding diaryl/α,β-unsaturated/α-hetero) is 1. The fourth-order valence-corrected chi connectivity index (χ4v) is 4.72. The molecular weight excluding hydrogens is 408 g/mol. The number of ether oxygens (including phenoxy) is 1. The SMILES string of the molecule is CCn1c(Cc2ccccc2)nnc1SCC(=O)Cc1ccccc1N1CCOCC1. The summed E-state index contributed by atoms with van der Waals surface area (Å²) < 4.78 is 7.57. The highest BCUT2D eigenvalue weighted by molar-refractivity contribution is 7.99. The van der Waals surface area contributed by atoms with Crippen LogP contribution in [0.1, 0.15) is 23.9 Å². The second-order valence-corrected chi connectivity index (χ2v) is 8.48. The number of benzene rings is 2. The van der Waals surface area contributed by atoms with Crippen molar-refractivity contribution < 1.29 is 9.53 Å². The molecule has 2 heterocycles. The zero-order chi connectivity index (χ0) is 21.5. The molecule has 2 aromatic carbocycles. The first-order valence-corrected chi connectivity index (χ1v) is 11.7. The maximum absolute atomic E-state index is 12.8. The van der Waals surface area contributed by atoms with Gasteiger partial charge in [-0.2, -0.15) is 0 Å². The van der Waals surface area contributed by atoms with Crippen LogP contribution in [-0.2, 0) is 28.9 Å². The highest BCUT2D eigenvalue weighted by Crippen LogP contribution is 2.24. The van der Waals surface area contributed by atoms with Gasteiger partial charge in [-0.05, 0) is 24.1 Å². The molecule has 162 valence electrons. The predicted molar refractivity (Wildman–Crippen MR) is 124 cm³/mol. The molecule has 1 aromatic heterocycles. The topological polar surface area (TPSA) is 60.2 Å². The molecule has 0 bridgehead atoms. The van der Waals surface area contributed by atoms with E-state index in [1.807, 2.05) is 30.3 Å². The fraction of sp³-hybridized carbons (Fsp3) is 0.375. The van der Waals surface area contributed by atoms with E-state index in [0.717, 1.165) is 61.5 Å². The van der Waals surface area contributed by atoms with Crippen molar-refractivity contribution in [1.82, 2.24) is 14.8 Å². The van der Waals surface area contributed by atoms with E-state index < -0.39 is 0 Å². The number of rotatable bonds is 9. The van der Waals surface area contributed by atoms with Gasteiger partial charge in [-0.3, -0.25) is 4.79 Å². The van der Waals surface area contributed by atoms with Gasteiger partial charge in [0.1, 0.15) is 11.6 Å². The number of hydrogen-bond acceptors (Lipinski definition) is 6. The van der Waals surface area contributed by atoms with Gasteiger partial charge in [0.05, 0.1) is 19.0 Å². The van der Waals surface area contributed by atoms with Crippen molar-refractivity contribution in [2.24, 2.45) is 0 Å². The summed E-state index contributed by atoms with van der Waals surface area (Å²) in [4.78, 5) is 15.1.